The van der Waals surface area contributed by atoms with Gasteiger partial charge in [-0.1, -0.05) is 49.9 Å². The number of para-hydroxylation sites is 2. The van der Waals surface area contributed by atoms with Crippen molar-refractivity contribution in [3.63, 3.8) is 0 Å². The van der Waals surface area contributed by atoms with Crippen LogP contribution in [0.25, 0.3) is 11.0 Å². The van der Waals surface area contributed by atoms with Gasteiger partial charge in [0.15, 0.2) is 0 Å². The number of fused-ring (bicyclic) bond motifs is 1. The molecule has 0 bridgehead atoms. The summed E-state index contributed by atoms with van der Waals surface area (Å²) in [5, 5.41) is 3.02. The lowest BCUT2D eigenvalue weighted by atomic mass is 9.87. The highest BCUT2D eigenvalue weighted by Crippen LogP contribution is 2.35. The molecule has 1 unspecified atom stereocenters. The number of aromatic nitrogens is 2. The molecule has 4 nitrogen and oxygen atoms in total. The zero-order chi connectivity index (χ0) is 18.6. The Balaban J connectivity index is 1.56. The summed E-state index contributed by atoms with van der Waals surface area (Å²) in [6.45, 7) is 0. The van der Waals surface area contributed by atoms with Crippen molar-refractivity contribution in [1.82, 2.24) is 9.97 Å². The van der Waals surface area contributed by atoms with Gasteiger partial charge < -0.3 is 4.98 Å². The van der Waals surface area contributed by atoms with Crippen molar-refractivity contribution < 1.29 is 4.79 Å². The molecule has 140 valence electrons. The van der Waals surface area contributed by atoms with Crippen LogP contribution in [0.3, 0.4) is 0 Å². The summed E-state index contributed by atoms with van der Waals surface area (Å²) in [5.41, 5.74) is 2.89. The molecule has 1 aromatic heterocycles. The van der Waals surface area contributed by atoms with Gasteiger partial charge in [0, 0.05) is 4.90 Å². The van der Waals surface area contributed by atoms with E-state index in [-0.39, 0.29) is 11.8 Å². The van der Waals surface area contributed by atoms with Crippen LogP contribution in [-0.4, -0.2) is 22.1 Å². The van der Waals surface area contributed by atoms with Crippen LogP contribution in [0.4, 0.5) is 5.95 Å². The summed E-state index contributed by atoms with van der Waals surface area (Å²) < 4.78 is 0. The van der Waals surface area contributed by atoms with Crippen LogP contribution in [0.2, 0.25) is 0 Å². The summed E-state index contributed by atoms with van der Waals surface area (Å²) in [6.07, 6.45) is 8.01. The summed E-state index contributed by atoms with van der Waals surface area (Å²) >= 11 is 1.72. The minimum Gasteiger partial charge on any atom is -0.324 e. The third-order valence-corrected chi connectivity index (χ3v) is 6.25. The third kappa shape index (κ3) is 4.19. The third-order valence-electron chi connectivity index (χ3n) is 5.51. The van der Waals surface area contributed by atoms with Gasteiger partial charge in [-0.05, 0) is 48.4 Å². The fourth-order valence-corrected chi connectivity index (χ4v) is 4.43. The van der Waals surface area contributed by atoms with Crippen molar-refractivity contribution in [2.45, 2.75) is 42.9 Å². The molecule has 0 radical (unpaired) electrons. The number of amides is 1. The zero-order valence-electron chi connectivity index (χ0n) is 15.6. The van der Waals surface area contributed by atoms with Crippen LogP contribution in [0.5, 0.6) is 0 Å². The Bertz CT molecular complexity index is 880. The van der Waals surface area contributed by atoms with Gasteiger partial charge in [0.1, 0.15) is 0 Å². The molecule has 0 aliphatic heterocycles. The van der Waals surface area contributed by atoms with E-state index in [1.807, 2.05) is 24.3 Å². The average molecular weight is 380 g/mol. The fourth-order valence-electron chi connectivity index (χ4n) is 4.03. The number of rotatable bonds is 6. The molecule has 4 rings (SSSR count). The molecular formula is C22H25N3OS. The monoisotopic (exact) mass is 379 g/mol. The lowest BCUT2D eigenvalue weighted by Gasteiger charge is -2.20. The van der Waals surface area contributed by atoms with Gasteiger partial charge in [0.2, 0.25) is 11.9 Å². The number of benzene rings is 2. The predicted molar refractivity (Wildman–Crippen MR) is 112 cm³/mol. The highest BCUT2D eigenvalue weighted by atomic mass is 32.2. The number of H-pyrrole nitrogens is 1. The first-order valence-electron chi connectivity index (χ1n) is 9.62. The molecule has 0 spiro atoms. The van der Waals surface area contributed by atoms with Crippen LogP contribution < -0.4 is 5.32 Å². The molecule has 0 saturated heterocycles. The minimum absolute atomic E-state index is 0.0258. The van der Waals surface area contributed by atoms with Crippen LogP contribution in [0.1, 0.15) is 43.6 Å². The molecular weight excluding hydrogens is 354 g/mol. The van der Waals surface area contributed by atoms with Gasteiger partial charge >= 0.3 is 0 Å². The van der Waals surface area contributed by atoms with E-state index in [1.165, 1.54) is 30.6 Å². The molecule has 3 aromatic rings. The molecule has 1 amide bonds. The van der Waals surface area contributed by atoms with Crippen LogP contribution in [0, 0.1) is 5.92 Å². The Morgan fingerprint density at radius 1 is 1.19 bits per heavy atom. The first kappa shape index (κ1) is 18.1. The van der Waals surface area contributed by atoms with Crippen molar-refractivity contribution in [2.24, 2.45) is 5.92 Å². The van der Waals surface area contributed by atoms with Crippen LogP contribution in [-0.2, 0) is 4.79 Å². The number of aromatic amines is 1. The lowest BCUT2D eigenvalue weighted by Crippen LogP contribution is -2.23. The highest BCUT2D eigenvalue weighted by Gasteiger charge is 2.27. The molecule has 1 saturated carbocycles. The number of nitrogens with one attached hydrogen (secondary N) is 2. The van der Waals surface area contributed by atoms with Crippen molar-refractivity contribution in [1.29, 1.82) is 0 Å². The van der Waals surface area contributed by atoms with Gasteiger partial charge in [-0.15, -0.1) is 11.8 Å². The van der Waals surface area contributed by atoms with Crippen molar-refractivity contribution in [3.05, 3.63) is 54.1 Å². The van der Waals surface area contributed by atoms with Gasteiger partial charge in [0.25, 0.3) is 0 Å². The topological polar surface area (TPSA) is 57.8 Å². The van der Waals surface area contributed by atoms with Gasteiger partial charge in [-0.3, -0.25) is 10.1 Å². The minimum atomic E-state index is -0.141. The standard InChI is InChI=1S/C22H25N3OS/c1-27-17-12-10-16(11-13-17)18(14-15-6-2-3-7-15)21(26)25-22-23-19-8-4-5-9-20(19)24-22/h4-5,8-13,15,18H,2-3,6-7,14H2,1H3,(H2,23,24,25,26). The van der Waals surface area contributed by atoms with E-state index in [0.29, 0.717) is 11.9 Å². The Morgan fingerprint density at radius 3 is 2.63 bits per heavy atom. The van der Waals surface area contributed by atoms with E-state index in [0.717, 1.165) is 23.0 Å². The molecule has 1 fully saturated rings. The number of nitrogens with zero attached hydrogens (tertiary/aromatic N) is 1. The van der Waals surface area contributed by atoms with Crippen LogP contribution >= 0.6 is 11.8 Å². The molecule has 1 aliphatic rings. The summed E-state index contributed by atoms with van der Waals surface area (Å²) in [6, 6.07) is 16.2. The van der Waals surface area contributed by atoms with E-state index in [2.05, 4.69) is 45.8 Å². The van der Waals surface area contributed by atoms with E-state index < -0.39 is 0 Å². The van der Waals surface area contributed by atoms with Crippen LogP contribution in [0.15, 0.2) is 53.4 Å². The predicted octanol–water partition coefficient (Wildman–Crippen LogP) is 5.59. The van der Waals surface area contributed by atoms with Crippen molar-refractivity contribution in [3.8, 4) is 0 Å². The maximum Gasteiger partial charge on any atom is 0.234 e. The molecule has 1 atom stereocenters. The number of hydrogen-bond acceptors (Lipinski definition) is 3. The first-order chi connectivity index (χ1) is 13.2. The second kappa shape index (κ2) is 8.17. The smallest absolute Gasteiger partial charge is 0.234 e. The Kier molecular flexibility index (Phi) is 5.48. The Morgan fingerprint density at radius 2 is 1.93 bits per heavy atom. The number of carbonyl (C=O) groups excluding carboxylic acids is 1. The SMILES string of the molecule is CSc1ccc(C(CC2CCCC2)C(=O)Nc2nc3ccccc3[nH]2)cc1. The van der Waals surface area contributed by atoms with E-state index in [1.54, 1.807) is 11.8 Å². The summed E-state index contributed by atoms with van der Waals surface area (Å²) in [4.78, 5) is 22.1. The zero-order valence-corrected chi connectivity index (χ0v) is 16.4. The maximum absolute atomic E-state index is 13.2. The van der Waals surface area contributed by atoms with Gasteiger partial charge in [-0.25, -0.2) is 4.98 Å². The number of carbonyl (C=O) groups is 1. The quantitative estimate of drug-likeness (QED) is 0.549. The fraction of sp³-hybridized carbons (Fsp3) is 0.364. The molecule has 27 heavy (non-hydrogen) atoms. The van der Waals surface area contributed by atoms with E-state index in [4.69, 9.17) is 0 Å². The molecule has 1 aliphatic carbocycles. The van der Waals surface area contributed by atoms with Gasteiger partial charge in [-0.2, -0.15) is 0 Å². The number of hydrogen-bond donors (Lipinski definition) is 2. The lowest BCUT2D eigenvalue weighted by molar-refractivity contribution is -0.118. The maximum atomic E-state index is 13.2. The van der Waals surface area contributed by atoms with E-state index in [9.17, 15) is 4.79 Å². The van der Waals surface area contributed by atoms with E-state index >= 15 is 0 Å². The Labute approximate surface area is 164 Å². The average Bonchev–Trinajstić information content (AvgIpc) is 3.35. The second-order valence-corrected chi connectivity index (χ2v) is 8.18. The first-order valence-corrected chi connectivity index (χ1v) is 10.8. The highest BCUT2D eigenvalue weighted by molar-refractivity contribution is 7.98. The second-order valence-electron chi connectivity index (χ2n) is 7.30. The molecule has 2 N–H and O–H groups in total. The van der Waals surface area contributed by atoms with Gasteiger partial charge in [0.05, 0.1) is 17.0 Å². The number of thioether (sulfide) groups is 1. The number of anilines is 1. The summed E-state index contributed by atoms with van der Waals surface area (Å²) in [7, 11) is 0. The van der Waals surface area contributed by atoms with Crippen molar-refractivity contribution in [2.75, 3.05) is 11.6 Å². The molecule has 1 heterocycles. The largest absolute Gasteiger partial charge is 0.324 e. The normalized spacial score (nSPS) is 15.9. The molecule has 5 heteroatoms. The molecule has 2 aromatic carbocycles. The summed E-state index contributed by atoms with van der Waals surface area (Å²) in [5.74, 6) is 1.05. The van der Waals surface area contributed by atoms with Crippen molar-refractivity contribution >= 4 is 34.7 Å². The Hall–Kier alpha value is -2.27. The number of imidazole rings is 1.